The van der Waals surface area contributed by atoms with Crippen LogP contribution < -0.4 is 4.74 Å². The van der Waals surface area contributed by atoms with Gasteiger partial charge in [0.2, 0.25) is 0 Å². The summed E-state index contributed by atoms with van der Waals surface area (Å²) in [4.78, 5) is 2.36. The molecule has 1 aliphatic rings. The molecule has 0 spiro atoms. The Bertz CT molecular complexity index is 609. The van der Waals surface area contributed by atoms with E-state index in [0.29, 0.717) is 6.61 Å². The van der Waals surface area contributed by atoms with Crippen LogP contribution in [0.4, 0.5) is 0 Å². The van der Waals surface area contributed by atoms with E-state index in [1.807, 2.05) is 36.4 Å². The molecule has 0 amide bonds. The monoisotopic (exact) mass is 309 g/mol. The van der Waals surface area contributed by atoms with Gasteiger partial charge in [0.05, 0.1) is 12.7 Å². The van der Waals surface area contributed by atoms with E-state index in [-0.39, 0.29) is 6.10 Å². The predicted octanol–water partition coefficient (Wildman–Crippen LogP) is 3.82. The summed E-state index contributed by atoms with van der Waals surface area (Å²) in [6.07, 6.45) is 2.08. The Labute approximate surface area is 138 Å². The molecule has 0 N–H and O–H groups in total. The smallest absolute Gasteiger partial charge is 0.119 e. The minimum absolute atomic E-state index is 0.131. The third-order valence-corrected chi connectivity index (χ3v) is 4.04. The van der Waals surface area contributed by atoms with E-state index < -0.39 is 0 Å². The van der Waals surface area contributed by atoms with Crippen LogP contribution in [0.1, 0.15) is 17.2 Å². The molecular weight excluding hydrogens is 286 g/mol. The second kappa shape index (κ2) is 7.95. The van der Waals surface area contributed by atoms with Crippen LogP contribution in [0, 0.1) is 0 Å². The van der Waals surface area contributed by atoms with Crippen LogP contribution in [-0.4, -0.2) is 31.1 Å². The zero-order valence-corrected chi connectivity index (χ0v) is 13.4. The topological polar surface area (TPSA) is 21.7 Å². The van der Waals surface area contributed by atoms with E-state index in [1.54, 1.807) is 0 Å². The van der Waals surface area contributed by atoms with Crippen molar-refractivity contribution in [1.82, 2.24) is 4.90 Å². The highest BCUT2D eigenvalue weighted by Crippen LogP contribution is 2.24. The Balaban J connectivity index is 1.57. The van der Waals surface area contributed by atoms with Crippen LogP contribution in [0.15, 0.2) is 67.3 Å². The molecule has 1 fully saturated rings. The van der Waals surface area contributed by atoms with Crippen molar-refractivity contribution in [1.29, 1.82) is 0 Å². The van der Waals surface area contributed by atoms with E-state index in [9.17, 15) is 0 Å². The minimum atomic E-state index is 0.131. The number of nitrogens with zero attached hydrogens (tertiary/aromatic N) is 1. The quantitative estimate of drug-likeness (QED) is 0.757. The van der Waals surface area contributed by atoms with Gasteiger partial charge in [0.25, 0.3) is 0 Å². The zero-order chi connectivity index (χ0) is 15.9. The zero-order valence-electron chi connectivity index (χ0n) is 13.4. The Morgan fingerprint density at radius 2 is 1.91 bits per heavy atom. The standard InChI is InChI=1S/C20H23NO2/c1-2-12-21-13-14-22-20(15-21)18-8-10-19(11-9-18)23-16-17-6-4-3-5-7-17/h2-11,20H,1,12-16H2/t20-/m0/s1. The summed E-state index contributed by atoms with van der Waals surface area (Å²) >= 11 is 0. The summed E-state index contributed by atoms with van der Waals surface area (Å²) in [7, 11) is 0. The highest BCUT2D eigenvalue weighted by atomic mass is 16.5. The second-order valence-electron chi connectivity index (χ2n) is 5.75. The number of hydrogen-bond acceptors (Lipinski definition) is 3. The number of ether oxygens (including phenoxy) is 2. The molecule has 23 heavy (non-hydrogen) atoms. The minimum Gasteiger partial charge on any atom is -0.489 e. The fourth-order valence-electron chi connectivity index (χ4n) is 2.77. The highest BCUT2D eigenvalue weighted by Gasteiger charge is 2.20. The third-order valence-electron chi connectivity index (χ3n) is 4.04. The molecule has 3 rings (SSSR count). The number of morpholine rings is 1. The summed E-state index contributed by atoms with van der Waals surface area (Å²) in [5.41, 5.74) is 2.37. The largest absolute Gasteiger partial charge is 0.489 e. The Kier molecular flexibility index (Phi) is 5.46. The molecule has 1 atom stereocenters. The Morgan fingerprint density at radius 1 is 1.13 bits per heavy atom. The van der Waals surface area contributed by atoms with E-state index in [4.69, 9.17) is 9.47 Å². The molecule has 3 heteroatoms. The van der Waals surface area contributed by atoms with Gasteiger partial charge in [-0.1, -0.05) is 48.5 Å². The lowest BCUT2D eigenvalue weighted by molar-refractivity contribution is -0.0260. The Hall–Kier alpha value is -2.10. The first-order valence-electron chi connectivity index (χ1n) is 8.06. The van der Waals surface area contributed by atoms with Crippen molar-refractivity contribution in [2.24, 2.45) is 0 Å². The molecule has 2 aromatic carbocycles. The van der Waals surface area contributed by atoms with Crippen LogP contribution in [0.3, 0.4) is 0 Å². The first kappa shape index (κ1) is 15.8. The van der Waals surface area contributed by atoms with Crippen molar-refractivity contribution in [3.05, 3.63) is 78.4 Å². The molecule has 3 nitrogen and oxygen atoms in total. The van der Waals surface area contributed by atoms with Gasteiger partial charge in [0, 0.05) is 19.6 Å². The third kappa shape index (κ3) is 4.44. The maximum atomic E-state index is 5.89. The van der Waals surface area contributed by atoms with Crippen LogP contribution in [0.2, 0.25) is 0 Å². The summed E-state index contributed by atoms with van der Waals surface area (Å²) < 4.78 is 11.7. The van der Waals surface area contributed by atoms with Crippen molar-refractivity contribution in [3.63, 3.8) is 0 Å². The first-order chi connectivity index (χ1) is 11.3. The lowest BCUT2D eigenvalue weighted by Gasteiger charge is -2.32. The fourth-order valence-corrected chi connectivity index (χ4v) is 2.77. The van der Waals surface area contributed by atoms with Gasteiger partial charge in [-0.05, 0) is 23.3 Å². The molecule has 0 bridgehead atoms. The lowest BCUT2D eigenvalue weighted by atomic mass is 10.1. The van der Waals surface area contributed by atoms with Crippen LogP contribution >= 0.6 is 0 Å². The fraction of sp³-hybridized carbons (Fsp3) is 0.300. The normalized spacial score (nSPS) is 18.5. The predicted molar refractivity (Wildman–Crippen MR) is 92.5 cm³/mol. The molecule has 0 radical (unpaired) electrons. The molecule has 0 unspecified atom stereocenters. The van der Waals surface area contributed by atoms with Gasteiger partial charge in [0.1, 0.15) is 12.4 Å². The molecule has 0 aliphatic carbocycles. The number of rotatable bonds is 6. The molecule has 2 aromatic rings. The van der Waals surface area contributed by atoms with Gasteiger partial charge in [-0.15, -0.1) is 6.58 Å². The van der Waals surface area contributed by atoms with Gasteiger partial charge >= 0.3 is 0 Å². The first-order valence-corrected chi connectivity index (χ1v) is 8.06. The maximum absolute atomic E-state index is 5.89. The maximum Gasteiger partial charge on any atom is 0.119 e. The van der Waals surface area contributed by atoms with Gasteiger partial charge < -0.3 is 9.47 Å². The number of hydrogen-bond donors (Lipinski definition) is 0. The van der Waals surface area contributed by atoms with Crippen molar-refractivity contribution >= 4 is 0 Å². The summed E-state index contributed by atoms with van der Waals surface area (Å²) in [6.45, 7) is 7.97. The Morgan fingerprint density at radius 3 is 2.65 bits per heavy atom. The molecule has 120 valence electrons. The summed E-state index contributed by atoms with van der Waals surface area (Å²) in [6, 6.07) is 18.4. The van der Waals surface area contributed by atoms with Gasteiger partial charge in [-0.2, -0.15) is 0 Å². The average molecular weight is 309 g/mol. The highest BCUT2D eigenvalue weighted by molar-refractivity contribution is 5.29. The van der Waals surface area contributed by atoms with Crippen LogP contribution in [0.5, 0.6) is 5.75 Å². The molecule has 1 saturated heterocycles. The average Bonchev–Trinajstić information content (AvgIpc) is 2.62. The van der Waals surface area contributed by atoms with E-state index in [2.05, 4.69) is 35.7 Å². The SMILES string of the molecule is C=CCN1CCO[C@H](c2ccc(OCc3ccccc3)cc2)C1. The van der Waals surface area contributed by atoms with Gasteiger partial charge in [-0.3, -0.25) is 4.90 Å². The van der Waals surface area contributed by atoms with Crippen molar-refractivity contribution in [2.75, 3.05) is 26.2 Å². The van der Waals surface area contributed by atoms with Gasteiger partial charge in [0.15, 0.2) is 0 Å². The van der Waals surface area contributed by atoms with Crippen LogP contribution in [0.25, 0.3) is 0 Å². The van der Waals surface area contributed by atoms with Crippen molar-refractivity contribution < 1.29 is 9.47 Å². The molecule has 0 saturated carbocycles. The van der Waals surface area contributed by atoms with Crippen molar-refractivity contribution in [3.8, 4) is 5.75 Å². The number of benzene rings is 2. The molecular formula is C20H23NO2. The van der Waals surface area contributed by atoms with Crippen LogP contribution in [-0.2, 0) is 11.3 Å². The molecule has 1 aliphatic heterocycles. The second-order valence-corrected chi connectivity index (χ2v) is 5.75. The lowest BCUT2D eigenvalue weighted by Crippen LogP contribution is -2.38. The van der Waals surface area contributed by atoms with E-state index >= 15 is 0 Å². The van der Waals surface area contributed by atoms with E-state index in [0.717, 1.165) is 32.0 Å². The van der Waals surface area contributed by atoms with Crippen molar-refractivity contribution in [2.45, 2.75) is 12.7 Å². The molecule has 1 heterocycles. The molecule has 0 aromatic heterocycles. The van der Waals surface area contributed by atoms with Gasteiger partial charge in [-0.25, -0.2) is 0 Å². The summed E-state index contributed by atoms with van der Waals surface area (Å²) in [5.74, 6) is 0.886. The van der Waals surface area contributed by atoms with E-state index in [1.165, 1.54) is 11.1 Å². The summed E-state index contributed by atoms with van der Waals surface area (Å²) in [5, 5.41) is 0.